The van der Waals surface area contributed by atoms with E-state index in [1.807, 2.05) is 0 Å². The molecule has 14 heteroatoms. The van der Waals surface area contributed by atoms with Gasteiger partial charge < -0.3 is 25.7 Å². The molecule has 31 heavy (non-hydrogen) atoms. The lowest BCUT2D eigenvalue weighted by molar-refractivity contribution is -0.383. The largest absolute Gasteiger partial charge is 0.497 e. The second-order valence-electron chi connectivity index (χ2n) is 5.85. The number of nitrogens with zero attached hydrogens (tertiary/aromatic N) is 1. The number of nitrogens with two attached hydrogens (primary N) is 2. The molecule has 0 fully saturated rings. The predicted octanol–water partition coefficient (Wildman–Crippen LogP) is 0.0963. The SMILES string of the molecule is COc1ccc([N+](=O)[O-])c(NS(=O)(=O)c2ccc(OC(OCC(N)=O)C(N)=O)cc2)c1. The van der Waals surface area contributed by atoms with Crippen LogP contribution in [0.2, 0.25) is 0 Å². The Balaban J connectivity index is 2.23. The maximum atomic E-state index is 12.6. The topological polar surface area (TPSA) is 203 Å². The molecule has 1 unspecified atom stereocenters. The average molecular weight is 454 g/mol. The van der Waals surface area contributed by atoms with Gasteiger partial charge in [0.25, 0.3) is 27.9 Å². The van der Waals surface area contributed by atoms with E-state index in [-0.39, 0.29) is 22.1 Å². The number of primary amides is 2. The number of benzene rings is 2. The number of hydrogen-bond donors (Lipinski definition) is 3. The van der Waals surface area contributed by atoms with Crippen LogP contribution in [0, 0.1) is 10.1 Å². The Bertz CT molecular complexity index is 1090. The van der Waals surface area contributed by atoms with Crippen LogP contribution in [-0.2, 0) is 24.3 Å². The van der Waals surface area contributed by atoms with Gasteiger partial charge >= 0.3 is 0 Å². The lowest BCUT2D eigenvalue weighted by Gasteiger charge is -2.16. The van der Waals surface area contributed by atoms with Crippen LogP contribution in [0.25, 0.3) is 0 Å². The van der Waals surface area contributed by atoms with Crippen LogP contribution < -0.4 is 25.7 Å². The molecule has 0 heterocycles. The molecule has 166 valence electrons. The highest BCUT2D eigenvalue weighted by Gasteiger charge is 2.23. The number of nitro benzene ring substituents is 1. The fourth-order valence-electron chi connectivity index (χ4n) is 2.24. The summed E-state index contributed by atoms with van der Waals surface area (Å²) in [5, 5.41) is 11.2. The molecule has 2 aromatic carbocycles. The lowest BCUT2D eigenvalue weighted by Crippen LogP contribution is -2.38. The molecule has 13 nitrogen and oxygen atoms in total. The summed E-state index contributed by atoms with van der Waals surface area (Å²) in [6, 6.07) is 8.21. The van der Waals surface area contributed by atoms with Gasteiger partial charge in [0.15, 0.2) is 0 Å². The molecule has 0 bridgehead atoms. The van der Waals surface area contributed by atoms with Gasteiger partial charge in [-0.25, -0.2) is 8.42 Å². The molecule has 5 N–H and O–H groups in total. The van der Waals surface area contributed by atoms with Gasteiger partial charge in [0.05, 0.1) is 16.9 Å². The van der Waals surface area contributed by atoms with Gasteiger partial charge in [0, 0.05) is 12.1 Å². The van der Waals surface area contributed by atoms with E-state index in [9.17, 15) is 28.1 Å². The number of nitrogens with one attached hydrogen (secondary N) is 1. The van der Waals surface area contributed by atoms with Crippen molar-refractivity contribution < 1.29 is 37.1 Å². The summed E-state index contributed by atoms with van der Waals surface area (Å²) < 4.78 is 42.3. The van der Waals surface area contributed by atoms with Crippen LogP contribution in [-0.4, -0.2) is 45.2 Å². The number of anilines is 1. The Kier molecular flexibility index (Phi) is 7.33. The lowest BCUT2D eigenvalue weighted by atomic mass is 10.2. The summed E-state index contributed by atoms with van der Waals surface area (Å²) in [5.41, 5.74) is 9.26. The number of hydrogen-bond acceptors (Lipinski definition) is 9. The van der Waals surface area contributed by atoms with Crippen molar-refractivity contribution in [2.75, 3.05) is 18.4 Å². The van der Waals surface area contributed by atoms with Crippen LogP contribution in [0.3, 0.4) is 0 Å². The van der Waals surface area contributed by atoms with Crippen molar-refractivity contribution in [1.29, 1.82) is 0 Å². The van der Waals surface area contributed by atoms with Gasteiger partial charge in [-0.05, 0) is 30.3 Å². The highest BCUT2D eigenvalue weighted by atomic mass is 32.2. The van der Waals surface area contributed by atoms with Crippen LogP contribution in [0.1, 0.15) is 0 Å². The molecule has 2 aromatic rings. The van der Waals surface area contributed by atoms with Crippen molar-refractivity contribution in [3.05, 3.63) is 52.6 Å². The summed E-state index contributed by atoms with van der Waals surface area (Å²) >= 11 is 0. The first-order valence-electron chi connectivity index (χ1n) is 8.34. The van der Waals surface area contributed by atoms with E-state index in [1.165, 1.54) is 31.4 Å². The Morgan fingerprint density at radius 1 is 1.13 bits per heavy atom. The van der Waals surface area contributed by atoms with Gasteiger partial charge in [0.1, 0.15) is 23.8 Å². The number of nitro groups is 1. The van der Waals surface area contributed by atoms with Gasteiger partial charge in [-0.15, -0.1) is 0 Å². The third kappa shape index (κ3) is 6.28. The number of methoxy groups -OCH3 is 1. The number of rotatable bonds is 11. The Morgan fingerprint density at radius 2 is 1.74 bits per heavy atom. The molecular formula is C17H18N4O9S. The molecule has 0 aliphatic heterocycles. The van der Waals surface area contributed by atoms with Crippen molar-refractivity contribution >= 4 is 33.2 Å². The molecule has 0 aliphatic rings. The minimum Gasteiger partial charge on any atom is -0.497 e. The molecule has 0 spiro atoms. The second-order valence-corrected chi connectivity index (χ2v) is 7.53. The molecular weight excluding hydrogens is 436 g/mol. The highest BCUT2D eigenvalue weighted by Crippen LogP contribution is 2.31. The van der Waals surface area contributed by atoms with E-state index in [2.05, 4.69) is 4.72 Å². The fraction of sp³-hybridized carbons (Fsp3) is 0.176. The van der Waals surface area contributed by atoms with Gasteiger partial charge in [-0.1, -0.05) is 0 Å². The van der Waals surface area contributed by atoms with Gasteiger partial charge in [-0.2, -0.15) is 0 Å². The van der Waals surface area contributed by atoms with E-state index < -0.39 is 45.3 Å². The minimum absolute atomic E-state index is 0.000388. The van der Waals surface area contributed by atoms with Crippen molar-refractivity contribution in [2.45, 2.75) is 11.2 Å². The molecule has 0 aromatic heterocycles. The smallest absolute Gasteiger partial charge is 0.293 e. The first-order valence-corrected chi connectivity index (χ1v) is 9.83. The van der Waals surface area contributed by atoms with E-state index in [4.69, 9.17) is 25.7 Å². The molecule has 0 radical (unpaired) electrons. The third-order valence-corrected chi connectivity index (χ3v) is 5.01. The summed E-state index contributed by atoms with van der Waals surface area (Å²) in [5.74, 6) is -1.68. The van der Waals surface area contributed by atoms with Crippen molar-refractivity contribution in [1.82, 2.24) is 0 Å². The van der Waals surface area contributed by atoms with E-state index in [0.29, 0.717) is 0 Å². The zero-order valence-electron chi connectivity index (χ0n) is 16.0. The van der Waals surface area contributed by atoms with Crippen LogP contribution >= 0.6 is 0 Å². The number of carbonyl (C=O) groups is 2. The van der Waals surface area contributed by atoms with Crippen LogP contribution in [0.5, 0.6) is 11.5 Å². The minimum atomic E-state index is -4.23. The first kappa shape index (κ1) is 23.4. The maximum Gasteiger partial charge on any atom is 0.293 e. The Hall–Kier alpha value is -3.91. The zero-order valence-corrected chi connectivity index (χ0v) is 16.8. The standard InChI is InChI=1S/C17H18N4O9S/c1-28-11-4-7-14(21(24)25)13(8-11)20-31(26,27)12-5-2-10(3-6-12)30-17(16(19)23)29-9-15(18)22/h2-8,17,20H,9H2,1H3,(H2,18,22)(H2,19,23). The third-order valence-electron chi connectivity index (χ3n) is 3.63. The maximum absolute atomic E-state index is 12.6. The monoisotopic (exact) mass is 454 g/mol. The normalized spacial score (nSPS) is 11.9. The number of carbonyl (C=O) groups excluding carboxylic acids is 2. The second kappa shape index (κ2) is 9.73. The van der Waals surface area contributed by atoms with Crippen LogP contribution in [0.4, 0.5) is 11.4 Å². The summed E-state index contributed by atoms with van der Waals surface area (Å²) in [7, 11) is -2.90. The zero-order chi connectivity index (χ0) is 23.2. The summed E-state index contributed by atoms with van der Waals surface area (Å²) in [6.07, 6.45) is -1.63. The Morgan fingerprint density at radius 3 is 2.26 bits per heavy atom. The molecule has 2 rings (SSSR count). The van der Waals surface area contributed by atoms with Crippen molar-refractivity contribution in [3.8, 4) is 11.5 Å². The molecule has 0 saturated carbocycles. The Labute approximate surface area is 176 Å². The summed E-state index contributed by atoms with van der Waals surface area (Å²) in [6.45, 7) is -0.622. The number of amides is 2. The van der Waals surface area contributed by atoms with Gasteiger partial charge in [0.2, 0.25) is 5.91 Å². The molecule has 0 saturated heterocycles. The molecule has 0 aliphatic carbocycles. The average Bonchev–Trinajstić information content (AvgIpc) is 2.70. The quantitative estimate of drug-likeness (QED) is 0.239. The van der Waals surface area contributed by atoms with Gasteiger partial charge in [-0.3, -0.25) is 24.4 Å². The summed E-state index contributed by atoms with van der Waals surface area (Å²) in [4.78, 5) is 32.3. The van der Waals surface area contributed by atoms with E-state index >= 15 is 0 Å². The molecule has 2 amide bonds. The first-order chi connectivity index (χ1) is 14.5. The van der Waals surface area contributed by atoms with Crippen molar-refractivity contribution in [3.63, 3.8) is 0 Å². The predicted molar refractivity (Wildman–Crippen MR) is 106 cm³/mol. The molecule has 1 atom stereocenters. The van der Waals surface area contributed by atoms with E-state index in [1.54, 1.807) is 0 Å². The van der Waals surface area contributed by atoms with E-state index in [0.717, 1.165) is 18.2 Å². The number of sulfonamides is 1. The number of ether oxygens (including phenoxy) is 3. The van der Waals surface area contributed by atoms with Crippen LogP contribution in [0.15, 0.2) is 47.4 Å². The van der Waals surface area contributed by atoms with Crippen molar-refractivity contribution in [2.24, 2.45) is 11.5 Å². The highest BCUT2D eigenvalue weighted by molar-refractivity contribution is 7.92. The fourth-order valence-corrected chi connectivity index (χ4v) is 3.31.